The van der Waals surface area contributed by atoms with Gasteiger partial charge in [-0.3, -0.25) is 4.98 Å². The quantitative estimate of drug-likeness (QED) is 0.804. The summed E-state index contributed by atoms with van der Waals surface area (Å²) >= 11 is 0. The third-order valence-electron chi connectivity index (χ3n) is 4.23. The van der Waals surface area contributed by atoms with Crippen molar-refractivity contribution >= 4 is 5.65 Å². The van der Waals surface area contributed by atoms with Crippen molar-refractivity contribution in [3.8, 4) is 17.1 Å². The van der Waals surface area contributed by atoms with E-state index in [9.17, 15) is 5.11 Å². The Bertz CT molecular complexity index is 795. The molecule has 1 fully saturated rings. The summed E-state index contributed by atoms with van der Waals surface area (Å²) in [6.07, 6.45) is 8.57. The van der Waals surface area contributed by atoms with E-state index in [0.29, 0.717) is 5.88 Å². The van der Waals surface area contributed by atoms with Gasteiger partial charge in [-0.25, -0.2) is 9.50 Å². The number of imidazole rings is 1. The van der Waals surface area contributed by atoms with Crippen LogP contribution in [0.25, 0.3) is 16.9 Å². The van der Waals surface area contributed by atoms with Crippen LogP contribution in [0.4, 0.5) is 0 Å². The molecule has 6 nitrogen and oxygen atoms in total. The number of nitrogens with zero attached hydrogens (tertiary/aromatic N) is 4. The molecule has 23 heavy (non-hydrogen) atoms. The standard InChI is InChI=1S/C17H18N4O2/c22-13-3-5-14(6-4-13)23-17-8-7-16-19-11-15(21(16)20-17)12-2-1-9-18-10-12/h1-2,7-11,13-14,22H,3-6H2/t13-,14-. The first-order valence-electron chi connectivity index (χ1n) is 7.89. The van der Waals surface area contributed by atoms with E-state index >= 15 is 0 Å². The molecular weight excluding hydrogens is 292 g/mol. The summed E-state index contributed by atoms with van der Waals surface area (Å²) in [5, 5.41) is 14.1. The van der Waals surface area contributed by atoms with Crippen molar-refractivity contribution in [3.05, 3.63) is 42.9 Å². The van der Waals surface area contributed by atoms with Crippen LogP contribution >= 0.6 is 0 Å². The Morgan fingerprint density at radius 3 is 2.74 bits per heavy atom. The monoisotopic (exact) mass is 310 g/mol. The fraction of sp³-hybridized carbons (Fsp3) is 0.353. The molecule has 4 rings (SSSR count). The van der Waals surface area contributed by atoms with Crippen molar-refractivity contribution < 1.29 is 9.84 Å². The van der Waals surface area contributed by atoms with Crippen molar-refractivity contribution in [1.82, 2.24) is 19.6 Å². The van der Waals surface area contributed by atoms with Gasteiger partial charge in [0.15, 0.2) is 5.65 Å². The zero-order valence-corrected chi connectivity index (χ0v) is 12.7. The maximum Gasteiger partial charge on any atom is 0.232 e. The highest BCUT2D eigenvalue weighted by Crippen LogP contribution is 2.24. The van der Waals surface area contributed by atoms with Gasteiger partial charge in [0.25, 0.3) is 0 Å². The van der Waals surface area contributed by atoms with Crippen molar-refractivity contribution in [2.45, 2.75) is 37.9 Å². The minimum Gasteiger partial charge on any atom is -0.473 e. The molecule has 0 amide bonds. The Hall–Kier alpha value is -2.47. The second-order valence-electron chi connectivity index (χ2n) is 5.88. The molecule has 0 spiro atoms. The van der Waals surface area contributed by atoms with Crippen molar-refractivity contribution in [3.63, 3.8) is 0 Å². The topological polar surface area (TPSA) is 72.5 Å². The van der Waals surface area contributed by atoms with Crippen LogP contribution in [-0.4, -0.2) is 36.9 Å². The van der Waals surface area contributed by atoms with Gasteiger partial charge in [-0.2, -0.15) is 0 Å². The lowest BCUT2D eigenvalue weighted by Crippen LogP contribution is -2.26. The van der Waals surface area contributed by atoms with Gasteiger partial charge in [-0.15, -0.1) is 5.10 Å². The molecule has 3 heterocycles. The second-order valence-corrected chi connectivity index (χ2v) is 5.88. The average Bonchev–Trinajstić information content (AvgIpc) is 3.01. The van der Waals surface area contributed by atoms with Gasteiger partial charge < -0.3 is 9.84 Å². The molecule has 6 heteroatoms. The van der Waals surface area contributed by atoms with Gasteiger partial charge in [0.2, 0.25) is 5.88 Å². The predicted molar refractivity (Wildman–Crippen MR) is 85.1 cm³/mol. The van der Waals surface area contributed by atoms with Crippen molar-refractivity contribution in [2.75, 3.05) is 0 Å². The predicted octanol–water partition coefficient (Wildman–Crippen LogP) is 2.47. The maximum absolute atomic E-state index is 9.58. The maximum atomic E-state index is 9.58. The number of fused-ring (bicyclic) bond motifs is 1. The molecule has 1 saturated carbocycles. The molecule has 3 aromatic rings. The van der Waals surface area contributed by atoms with Crippen LogP contribution < -0.4 is 4.74 Å². The summed E-state index contributed by atoms with van der Waals surface area (Å²) in [6.45, 7) is 0. The Balaban J connectivity index is 1.62. The van der Waals surface area contributed by atoms with E-state index in [1.807, 2.05) is 24.3 Å². The summed E-state index contributed by atoms with van der Waals surface area (Å²) < 4.78 is 7.77. The lowest BCUT2D eigenvalue weighted by atomic mass is 9.95. The molecule has 3 aromatic heterocycles. The first-order chi connectivity index (χ1) is 11.3. The van der Waals surface area contributed by atoms with Crippen molar-refractivity contribution in [1.29, 1.82) is 0 Å². The minimum atomic E-state index is -0.184. The first kappa shape index (κ1) is 14.1. The first-order valence-corrected chi connectivity index (χ1v) is 7.89. The molecule has 1 aliphatic carbocycles. The van der Waals surface area contributed by atoms with E-state index in [4.69, 9.17) is 4.74 Å². The average molecular weight is 310 g/mol. The van der Waals surface area contributed by atoms with Crippen LogP contribution in [0.5, 0.6) is 5.88 Å². The minimum absolute atomic E-state index is 0.119. The van der Waals surface area contributed by atoms with Gasteiger partial charge in [0.1, 0.15) is 6.10 Å². The van der Waals surface area contributed by atoms with E-state index in [-0.39, 0.29) is 12.2 Å². The highest BCUT2D eigenvalue weighted by atomic mass is 16.5. The number of aromatic nitrogens is 4. The van der Waals surface area contributed by atoms with Crippen LogP contribution in [0, 0.1) is 0 Å². The van der Waals surface area contributed by atoms with E-state index in [1.54, 1.807) is 23.1 Å². The molecule has 1 aliphatic rings. The molecule has 0 aliphatic heterocycles. The Labute approximate surface area is 133 Å². The van der Waals surface area contributed by atoms with Crippen LogP contribution in [-0.2, 0) is 0 Å². The molecule has 118 valence electrons. The van der Waals surface area contributed by atoms with E-state index in [2.05, 4.69) is 15.1 Å². The van der Waals surface area contributed by atoms with Crippen LogP contribution in [0.1, 0.15) is 25.7 Å². The largest absolute Gasteiger partial charge is 0.473 e. The zero-order valence-electron chi connectivity index (χ0n) is 12.7. The SMILES string of the molecule is O[C@H]1CC[C@H](Oc2ccc3ncc(-c4cccnc4)n3n2)CC1. The summed E-state index contributed by atoms with van der Waals surface area (Å²) in [7, 11) is 0. The summed E-state index contributed by atoms with van der Waals surface area (Å²) in [4.78, 5) is 8.52. The van der Waals surface area contributed by atoms with Gasteiger partial charge in [-0.1, -0.05) is 0 Å². The number of pyridine rings is 1. The Morgan fingerprint density at radius 2 is 1.96 bits per heavy atom. The number of rotatable bonds is 3. The third kappa shape index (κ3) is 2.90. The van der Waals surface area contributed by atoms with E-state index in [0.717, 1.165) is 42.6 Å². The number of hydrogen-bond donors (Lipinski definition) is 1. The molecule has 0 bridgehead atoms. The molecule has 0 saturated heterocycles. The van der Waals surface area contributed by atoms with E-state index in [1.165, 1.54) is 0 Å². The molecule has 0 radical (unpaired) electrons. The Morgan fingerprint density at radius 1 is 1.09 bits per heavy atom. The molecular formula is C17H18N4O2. The highest BCUT2D eigenvalue weighted by Gasteiger charge is 2.21. The number of aliphatic hydroxyl groups excluding tert-OH is 1. The number of aliphatic hydroxyl groups is 1. The number of hydrogen-bond acceptors (Lipinski definition) is 5. The normalized spacial score (nSPS) is 21.4. The fourth-order valence-corrected chi connectivity index (χ4v) is 2.96. The van der Waals surface area contributed by atoms with Crippen LogP contribution in [0.15, 0.2) is 42.9 Å². The second kappa shape index (κ2) is 5.96. The molecule has 1 N–H and O–H groups in total. The molecule has 0 atom stereocenters. The smallest absolute Gasteiger partial charge is 0.232 e. The van der Waals surface area contributed by atoms with E-state index < -0.39 is 0 Å². The van der Waals surface area contributed by atoms with Gasteiger partial charge in [-0.05, 0) is 43.9 Å². The van der Waals surface area contributed by atoms with Gasteiger partial charge >= 0.3 is 0 Å². The fourth-order valence-electron chi connectivity index (χ4n) is 2.96. The lowest BCUT2D eigenvalue weighted by Gasteiger charge is -2.25. The molecule has 0 unspecified atom stereocenters. The van der Waals surface area contributed by atoms with Crippen LogP contribution in [0.3, 0.4) is 0 Å². The highest BCUT2D eigenvalue weighted by molar-refractivity contribution is 5.61. The third-order valence-corrected chi connectivity index (χ3v) is 4.23. The van der Waals surface area contributed by atoms with Gasteiger partial charge in [0.05, 0.1) is 18.0 Å². The summed E-state index contributed by atoms with van der Waals surface area (Å²) in [5.74, 6) is 0.585. The van der Waals surface area contributed by atoms with Crippen LogP contribution in [0.2, 0.25) is 0 Å². The van der Waals surface area contributed by atoms with Gasteiger partial charge in [0, 0.05) is 24.0 Å². The zero-order chi connectivity index (χ0) is 15.6. The van der Waals surface area contributed by atoms with Crippen molar-refractivity contribution in [2.24, 2.45) is 0 Å². The lowest BCUT2D eigenvalue weighted by molar-refractivity contribution is 0.0637. The Kier molecular flexibility index (Phi) is 3.67. The molecule has 0 aromatic carbocycles. The number of ether oxygens (including phenoxy) is 1. The summed E-state index contributed by atoms with van der Waals surface area (Å²) in [5.41, 5.74) is 2.62. The summed E-state index contributed by atoms with van der Waals surface area (Å²) in [6, 6.07) is 7.62.